The molecule has 0 amide bonds. The van der Waals surface area contributed by atoms with Gasteiger partial charge >= 0.3 is 21.7 Å². The van der Waals surface area contributed by atoms with E-state index >= 15 is 0 Å². The van der Waals surface area contributed by atoms with E-state index < -0.39 is 33.1 Å². The maximum Gasteiger partial charge on any atom is 0.516 e. The molecule has 12 heteroatoms. The summed E-state index contributed by atoms with van der Waals surface area (Å²) in [5.41, 5.74) is -5.67. The number of nitrogens with one attached hydrogen (secondary N) is 1. The Morgan fingerprint density at radius 1 is 0.784 bits per heavy atom. The van der Waals surface area contributed by atoms with Gasteiger partial charge in [0, 0.05) is 16.6 Å². The second-order valence-corrected chi connectivity index (χ2v) is 9.59. The van der Waals surface area contributed by atoms with Crippen LogP contribution in [0.5, 0.6) is 5.75 Å². The molecule has 0 radical (unpaired) electrons. The number of halogens is 7. The Balaban J connectivity index is 1.51. The second kappa shape index (κ2) is 9.58. The van der Waals surface area contributed by atoms with Crippen molar-refractivity contribution in [1.82, 2.24) is 0 Å². The third-order valence-electron chi connectivity index (χ3n) is 5.38. The Labute approximate surface area is 206 Å². The SMILES string of the molecule is O=S(=O)(Nc1ccc2c(OCc3ccc(-c4ccc(C(F)(F)F)cc4)cc3F)cccc2c1)C(F)(F)F. The minimum Gasteiger partial charge on any atom is -0.488 e. The smallest absolute Gasteiger partial charge is 0.488 e. The van der Waals surface area contributed by atoms with E-state index in [9.17, 15) is 39.2 Å². The summed E-state index contributed by atoms with van der Waals surface area (Å²) in [6, 6.07) is 16.8. The monoisotopic (exact) mass is 543 g/mol. The largest absolute Gasteiger partial charge is 0.516 e. The molecule has 4 rings (SSSR count). The van der Waals surface area contributed by atoms with E-state index in [1.54, 1.807) is 6.07 Å². The molecular weight excluding hydrogens is 527 g/mol. The van der Waals surface area contributed by atoms with Gasteiger partial charge in [0.15, 0.2) is 0 Å². The maximum atomic E-state index is 14.7. The Kier molecular flexibility index (Phi) is 6.80. The van der Waals surface area contributed by atoms with Crippen LogP contribution in [0, 0.1) is 5.82 Å². The minimum atomic E-state index is -5.59. The Bertz CT molecular complexity index is 1550. The van der Waals surface area contributed by atoms with Crippen molar-refractivity contribution in [3.8, 4) is 16.9 Å². The molecule has 0 aromatic heterocycles. The van der Waals surface area contributed by atoms with Gasteiger partial charge in [-0.3, -0.25) is 4.72 Å². The quantitative estimate of drug-likeness (QED) is 0.256. The molecule has 0 saturated heterocycles. The van der Waals surface area contributed by atoms with Gasteiger partial charge in [0.2, 0.25) is 0 Å². The first-order valence-corrected chi connectivity index (χ1v) is 11.9. The van der Waals surface area contributed by atoms with Crippen LogP contribution in [0.4, 0.5) is 36.4 Å². The summed E-state index contributed by atoms with van der Waals surface area (Å²) in [4.78, 5) is 0. The lowest BCUT2D eigenvalue weighted by Gasteiger charge is -2.13. The first-order chi connectivity index (χ1) is 17.2. The van der Waals surface area contributed by atoms with Gasteiger partial charge in [-0.1, -0.05) is 36.4 Å². The van der Waals surface area contributed by atoms with Crippen LogP contribution in [-0.2, 0) is 22.8 Å². The highest BCUT2D eigenvalue weighted by molar-refractivity contribution is 7.93. The zero-order chi connectivity index (χ0) is 27.0. The number of ether oxygens (including phenoxy) is 1. The van der Waals surface area contributed by atoms with Gasteiger partial charge in [0.05, 0.1) is 5.56 Å². The second-order valence-electron chi connectivity index (χ2n) is 7.91. The molecule has 0 atom stereocenters. The van der Waals surface area contributed by atoms with E-state index in [1.807, 2.05) is 0 Å². The standard InChI is InChI=1S/C25H16F7NO3S/c26-22-13-16(15-6-8-19(9-7-15)24(27,28)29)4-5-18(22)14-36-23-3-1-2-17-12-20(10-11-21(17)23)33-37(34,35)25(30,31)32/h1-13,33H,14H2. The molecule has 0 unspecified atom stereocenters. The van der Waals surface area contributed by atoms with Crippen LogP contribution in [0.15, 0.2) is 78.9 Å². The summed E-state index contributed by atoms with van der Waals surface area (Å²) in [5, 5.41) is 0.817. The zero-order valence-corrected chi connectivity index (χ0v) is 19.3. The van der Waals surface area contributed by atoms with E-state index in [0.29, 0.717) is 21.9 Å². The first kappa shape index (κ1) is 26.3. The molecule has 0 bridgehead atoms. The lowest BCUT2D eigenvalue weighted by molar-refractivity contribution is -0.137. The Morgan fingerprint density at radius 2 is 1.46 bits per heavy atom. The number of alkyl halides is 6. The van der Waals surface area contributed by atoms with Crippen LogP contribution in [0.1, 0.15) is 11.1 Å². The summed E-state index contributed by atoms with van der Waals surface area (Å²) < 4.78 is 121. The molecule has 1 N–H and O–H groups in total. The molecule has 0 spiro atoms. The van der Waals surface area contributed by atoms with Gasteiger partial charge in [-0.05, 0) is 59.0 Å². The normalized spacial score (nSPS) is 12.5. The average molecular weight is 543 g/mol. The van der Waals surface area contributed by atoms with E-state index in [4.69, 9.17) is 4.74 Å². The predicted octanol–water partition coefficient (Wildman–Crippen LogP) is 7.51. The molecule has 0 fully saturated rings. The van der Waals surface area contributed by atoms with E-state index in [1.165, 1.54) is 59.3 Å². The van der Waals surface area contributed by atoms with Crippen molar-refractivity contribution in [3.05, 3.63) is 95.8 Å². The molecule has 0 aliphatic rings. The summed E-state index contributed by atoms with van der Waals surface area (Å²) in [6.45, 7) is -0.222. The number of hydrogen-bond acceptors (Lipinski definition) is 3. The lowest BCUT2D eigenvalue weighted by Crippen LogP contribution is -2.29. The van der Waals surface area contributed by atoms with Gasteiger partial charge in [0.1, 0.15) is 18.2 Å². The fourth-order valence-electron chi connectivity index (χ4n) is 3.51. The van der Waals surface area contributed by atoms with Crippen molar-refractivity contribution in [3.63, 3.8) is 0 Å². The highest BCUT2D eigenvalue weighted by Crippen LogP contribution is 2.33. The van der Waals surface area contributed by atoms with Crippen molar-refractivity contribution >= 4 is 26.5 Å². The molecule has 0 aliphatic carbocycles. The number of rotatable bonds is 6. The van der Waals surface area contributed by atoms with E-state index in [-0.39, 0.29) is 23.6 Å². The molecule has 0 aliphatic heterocycles. The summed E-state index contributed by atoms with van der Waals surface area (Å²) in [7, 11) is -5.59. The van der Waals surface area contributed by atoms with Crippen molar-refractivity contribution in [1.29, 1.82) is 0 Å². The minimum absolute atomic E-state index is 0.155. The third-order valence-corrected chi connectivity index (χ3v) is 6.49. The number of anilines is 1. The van der Waals surface area contributed by atoms with Gasteiger partial charge < -0.3 is 4.74 Å². The fraction of sp³-hybridized carbons (Fsp3) is 0.120. The van der Waals surface area contributed by atoms with Crippen LogP contribution < -0.4 is 9.46 Å². The predicted molar refractivity (Wildman–Crippen MR) is 124 cm³/mol. The molecule has 194 valence electrons. The highest BCUT2D eigenvalue weighted by atomic mass is 32.2. The van der Waals surface area contributed by atoms with Crippen LogP contribution >= 0.6 is 0 Å². The maximum absolute atomic E-state index is 14.7. The highest BCUT2D eigenvalue weighted by Gasteiger charge is 2.46. The number of benzene rings is 4. The van der Waals surface area contributed by atoms with Crippen molar-refractivity contribution in [2.24, 2.45) is 0 Å². The Morgan fingerprint density at radius 3 is 2.08 bits per heavy atom. The summed E-state index contributed by atoms with van der Waals surface area (Å²) in [5.74, 6) is -0.379. The average Bonchev–Trinajstić information content (AvgIpc) is 2.81. The first-order valence-electron chi connectivity index (χ1n) is 10.5. The molecular formula is C25H16F7NO3S. The van der Waals surface area contributed by atoms with E-state index in [2.05, 4.69) is 0 Å². The summed E-state index contributed by atoms with van der Waals surface area (Å²) in [6.07, 6.45) is -4.48. The topological polar surface area (TPSA) is 55.4 Å². The number of hydrogen-bond donors (Lipinski definition) is 1. The van der Waals surface area contributed by atoms with Crippen LogP contribution in [0.25, 0.3) is 21.9 Å². The van der Waals surface area contributed by atoms with Gasteiger partial charge in [0.25, 0.3) is 0 Å². The van der Waals surface area contributed by atoms with Gasteiger partial charge in [-0.2, -0.15) is 34.8 Å². The van der Waals surface area contributed by atoms with Crippen molar-refractivity contribution in [2.45, 2.75) is 18.3 Å². The van der Waals surface area contributed by atoms with Gasteiger partial charge in [-0.25, -0.2) is 4.39 Å². The van der Waals surface area contributed by atoms with Crippen LogP contribution in [-0.4, -0.2) is 13.9 Å². The third kappa shape index (κ3) is 5.79. The van der Waals surface area contributed by atoms with Gasteiger partial charge in [-0.15, -0.1) is 0 Å². The molecule has 0 heterocycles. The molecule has 4 aromatic rings. The number of fused-ring (bicyclic) bond motifs is 1. The number of sulfonamides is 1. The molecule has 37 heavy (non-hydrogen) atoms. The van der Waals surface area contributed by atoms with Crippen LogP contribution in [0.3, 0.4) is 0 Å². The molecule has 0 saturated carbocycles. The zero-order valence-electron chi connectivity index (χ0n) is 18.5. The fourth-order valence-corrected chi connectivity index (χ4v) is 4.06. The van der Waals surface area contributed by atoms with Crippen molar-refractivity contribution in [2.75, 3.05) is 4.72 Å². The molecule has 4 nitrogen and oxygen atoms in total. The van der Waals surface area contributed by atoms with Crippen LogP contribution in [0.2, 0.25) is 0 Å². The van der Waals surface area contributed by atoms with E-state index in [0.717, 1.165) is 18.2 Å². The van der Waals surface area contributed by atoms with Crippen molar-refractivity contribution < 1.29 is 43.9 Å². The summed E-state index contributed by atoms with van der Waals surface area (Å²) >= 11 is 0. The molecule has 4 aromatic carbocycles. The Hall–Kier alpha value is -3.80. The lowest BCUT2D eigenvalue weighted by atomic mass is 10.0.